The van der Waals surface area contributed by atoms with E-state index in [1.807, 2.05) is 19.2 Å². The van der Waals surface area contributed by atoms with Crippen molar-refractivity contribution in [2.45, 2.75) is 51.4 Å². The molecule has 6 nitrogen and oxygen atoms in total. The summed E-state index contributed by atoms with van der Waals surface area (Å²) < 4.78 is 1.67. The van der Waals surface area contributed by atoms with Crippen LogP contribution in [0.15, 0.2) is 24.3 Å². The lowest BCUT2D eigenvalue weighted by atomic mass is 9.98. The number of benzene rings is 1. The van der Waals surface area contributed by atoms with Gasteiger partial charge in [-0.15, -0.1) is 12.4 Å². The second-order valence-corrected chi connectivity index (χ2v) is 7.09. The first-order chi connectivity index (χ1) is 12.7. The monoisotopic (exact) mass is 391 g/mol. The van der Waals surface area contributed by atoms with Gasteiger partial charge >= 0.3 is 0 Å². The number of aromatic nitrogens is 3. The minimum Gasteiger partial charge on any atom is -0.317 e. The number of carbonyl (C=O) groups is 1. The summed E-state index contributed by atoms with van der Waals surface area (Å²) in [6.45, 7) is 4.19. The highest BCUT2D eigenvalue weighted by Crippen LogP contribution is 2.23. The van der Waals surface area contributed by atoms with Gasteiger partial charge in [-0.1, -0.05) is 37.6 Å². The molecule has 1 fully saturated rings. The van der Waals surface area contributed by atoms with Crippen LogP contribution in [0.2, 0.25) is 0 Å². The van der Waals surface area contributed by atoms with Crippen molar-refractivity contribution in [3.8, 4) is 0 Å². The Bertz CT molecular complexity index is 722. The van der Waals surface area contributed by atoms with E-state index in [1.165, 1.54) is 18.4 Å². The SMILES string of the molecule is CCCCc1ccc(CC(=O)Nc2nc(C3CCNCC3)nn2C)cc1.Cl. The molecule has 0 unspecified atom stereocenters. The fourth-order valence-electron chi connectivity index (χ4n) is 3.33. The third kappa shape index (κ3) is 6.04. The molecule has 1 saturated heterocycles. The highest BCUT2D eigenvalue weighted by Gasteiger charge is 2.21. The number of unbranched alkanes of at least 4 members (excludes halogenated alkanes) is 1. The number of aryl methyl sites for hydroxylation is 2. The van der Waals surface area contributed by atoms with Crippen molar-refractivity contribution in [1.29, 1.82) is 0 Å². The molecule has 0 atom stereocenters. The Morgan fingerprint density at radius 3 is 2.56 bits per heavy atom. The van der Waals surface area contributed by atoms with Gasteiger partial charge in [0.05, 0.1) is 6.42 Å². The Labute approximate surface area is 167 Å². The summed E-state index contributed by atoms with van der Waals surface area (Å²) >= 11 is 0. The molecule has 1 aliphatic rings. The molecule has 0 bridgehead atoms. The van der Waals surface area contributed by atoms with E-state index in [4.69, 9.17) is 0 Å². The maximum Gasteiger partial charge on any atom is 0.231 e. The van der Waals surface area contributed by atoms with Crippen LogP contribution in [0.25, 0.3) is 0 Å². The number of hydrogen-bond acceptors (Lipinski definition) is 4. The van der Waals surface area contributed by atoms with Crippen LogP contribution in [0.4, 0.5) is 5.95 Å². The van der Waals surface area contributed by atoms with Crippen LogP contribution >= 0.6 is 12.4 Å². The summed E-state index contributed by atoms with van der Waals surface area (Å²) in [5.74, 6) is 1.69. The molecule has 0 spiro atoms. The van der Waals surface area contributed by atoms with Crippen LogP contribution in [0.1, 0.15) is 55.5 Å². The largest absolute Gasteiger partial charge is 0.317 e. The average Bonchev–Trinajstić information content (AvgIpc) is 3.02. The smallest absolute Gasteiger partial charge is 0.231 e. The lowest BCUT2D eigenvalue weighted by Crippen LogP contribution is -2.27. The summed E-state index contributed by atoms with van der Waals surface area (Å²) in [7, 11) is 1.83. The van der Waals surface area contributed by atoms with E-state index in [9.17, 15) is 4.79 Å². The van der Waals surface area contributed by atoms with E-state index >= 15 is 0 Å². The zero-order valence-electron chi connectivity index (χ0n) is 16.2. The van der Waals surface area contributed by atoms with Crippen molar-refractivity contribution in [2.75, 3.05) is 18.4 Å². The minimum atomic E-state index is -0.0568. The molecule has 0 saturated carbocycles. The van der Waals surface area contributed by atoms with Crippen molar-refractivity contribution in [3.63, 3.8) is 0 Å². The predicted octanol–water partition coefficient (Wildman–Crippen LogP) is 3.23. The number of piperidine rings is 1. The zero-order valence-corrected chi connectivity index (χ0v) is 17.0. The molecule has 1 aliphatic heterocycles. The standard InChI is InChI=1S/C20H29N5O.ClH/c1-3-4-5-15-6-8-16(9-7-15)14-18(26)22-20-23-19(24-25(20)2)17-10-12-21-13-11-17;/h6-9,17,21H,3-5,10-14H2,1-2H3,(H,22,23,24,26);1H. The van der Waals surface area contributed by atoms with Crippen LogP contribution in [-0.2, 0) is 24.7 Å². The van der Waals surface area contributed by atoms with Gasteiger partial charge in [0, 0.05) is 13.0 Å². The van der Waals surface area contributed by atoms with Gasteiger partial charge in [-0.2, -0.15) is 10.1 Å². The number of carbonyl (C=O) groups excluding carboxylic acids is 1. The van der Waals surface area contributed by atoms with Gasteiger partial charge in [-0.05, 0) is 49.9 Å². The molecule has 2 heterocycles. The van der Waals surface area contributed by atoms with Gasteiger partial charge in [-0.3, -0.25) is 10.1 Å². The first-order valence-corrected chi connectivity index (χ1v) is 9.65. The quantitative estimate of drug-likeness (QED) is 0.760. The number of rotatable bonds is 7. The molecule has 0 radical (unpaired) electrons. The molecule has 2 N–H and O–H groups in total. The number of hydrogen-bond donors (Lipinski definition) is 2. The molecule has 7 heteroatoms. The van der Waals surface area contributed by atoms with Gasteiger partial charge in [0.2, 0.25) is 11.9 Å². The molecule has 1 amide bonds. The van der Waals surface area contributed by atoms with E-state index < -0.39 is 0 Å². The Morgan fingerprint density at radius 1 is 1.22 bits per heavy atom. The van der Waals surface area contributed by atoms with Crippen molar-refractivity contribution >= 4 is 24.3 Å². The molecule has 148 valence electrons. The number of halogens is 1. The molecule has 3 rings (SSSR count). The minimum absolute atomic E-state index is 0. The summed E-state index contributed by atoms with van der Waals surface area (Å²) in [5, 5.41) is 10.7. The summed E-state index contributed by atoms with van der Waals surface area (Å²) in [6, 6.07) is 8.33. The van der Waals surface area contributed by atoms with Crippen LogP contribution in [-0.4, -0.2) is 33.8 Å². The predicted molar refractivity (Wildman–Crippen MR) is 110 cm³/mol. The zero-order chi connectivity index (χ0) is 18.4. The summed E-state index contributed by atoms with van der Waals surface area (Å²) in [5.41, 5.74) is 2.35. The van der Waals surface area contributed by atoms with Crippen molar-refractivity contribution in [3.05, 3.63) is 41.2 Å². The normalized spacial score (nSPS) is 14.6. The Morgan fingerprint density at radius 2 is 1.89 bits per heavy atom. The van der Waals surface area contributed by atoms with E-state index in [0.29, 0.717) is 18.3 Å². The van der Waals surface area contributed by atoms with E-state index in [2.05, 4.69) is 39.8 Å². The van der Waals surface area contributed by atoms with Crippen molar-refractivity contribution < 1.29 is 4.79 Å². The number of nitrogens with one attached hydrogen (secondary N) is 2. The van der Waals surface area contributed by atoms with Crippen molar-refractivity contribution in [2.24, 2.45) is 7.05 Å². The summed E-state index contributed by atoms with van der Waals surface area (Å²) in [6.07, 6.45) is 5.93. The second kappa shape index (κ2) is 10.4. The second-order valence-electron chi connectivity index (χ2n) is 7.09. The highest BCUT2D eigenvalue weighted by molar-refractivity contribution is 5.90. The van der Waals surface area contributed by atoms with Gasteiger partial charge in [0.15, 0.2) is 5.82 Å². The van der Waals surface area contributed by atoms with Gasteiger partial charge in [0.25, 0.3) is 0 Å². The third-order valence-corrected chi connectivity index (χ3v) is 4.94. The molecular formula is C20H30ClN5O. The van der Waals surface area contributed by atoms with Crippen molar-refractivity contribution in [1.82, 2.24) is 20.1 Å². The number of amides is 1. The molecule has 0 aliphatic carbocycles. The van der Waals surface area contributed by atoms with Gasteiger partial charge in [-0.25, -0.2) is 4.68 Å². The Kier molecular flexibility index (Phi) is 8.25. The first-order valence-electron chi connectivity index (χ1n) is 9.65. The highest BCUT2D eigenvalue weighted by atomic mass is 35.5. The number of nitrogens with zero attached hydrogens (tertiary/aromatic N) is 3. The van der Waals surface area contributed by atoms with Crippen LogP contribution in [0.5, 0.6) is 0 Å². The Balaban J connectivity index is 0.00000261. The molecule has 1 aromatic carbocycles. The molecular weight excluding hydrogens is 362 g/mol. The molecule has 27 heavy (non-hydrogen) atoms. The first kappa shape index (κ1) is 21.4. The topological polar surface area (TPSA) is 71.8 Å². The average molecular weight is 392 g/mol. The van der Waals surface area contributed by atoms with Gasteiger partial charge < -0.3 is 5.32 Å². The van der Waals surface area contributed by atoms with E-state index in [1.54, 1.807) is 4.68 Å². The van der Waals surface area contributed by atoms with E-state index in [-0.39, 0.29) is 18.3 Å². The lowest BCUT2D eigenvalue weighted by Gasteiger charge is -2.19. The molecule has 2 aromatic rings. The maximum atomic E-state index is 12.4. The lowest BCUT2D eigenvalue weighted by molar-refractivity contribution is -0.115. The summed E-state index contributed by atoms with van der Waals surface area (Å²) in [4.78, 5) is 16.9. The maximum absolute atomic E-state index is 12.4. The Hall–Kier alpha value is -1.92. The molecule has 1 aromatic heterocycles. The fraction of sp³-hybridized carbons (Fsp3) is 0.550. The van der Waals surface area contributed by atoms with Crippen LogP contribution < -0.4 is 10.6 Å². The third-order valence-electron chi connectivity index (χ3n) is 4.94. The van der Waals surface area contributed by atoms with Crippen LogP contribution in [0, 0.1) is 0 Å². The van der Waals surface area contributed by atoms with Gasteiger partial charge in [0.1, 0.15) is 0 Å². The van der Waals surface area contributed by atoms with E-state index in [0.717, 1.165) is 43.7 Å². The van der Waals surface area contributed by atoms with Crippen LogP contribution in [0.3, 0.4) is 0 Å². The number of anilines is 1. The fourth-order valence-corrected chi connectivity index (χ4v) is 3.33.